The van der Waals surface area contributed by atoms with E-state index in [0.29, 0.717) is 6.61 Å². The average molecular weight is 215 g/mol. The fourth-order valence-corrected chi connectivity index (χ4v) is 3.00. The van der Waals surface area contributed by atoms with Gasteiger partial charge in [-0.05, 0) is 13.8 Å². The highest BCUT2D eigenvalue weighted by molar-refractivity contribution is 5.08. The Morgan fingerprint density at radius 3 is 2.67 bits per heavy atom. The van der Waals surface area contributed by atoms with Gasteiger partial charge in [-0.25, -0.2) is 0 Å². The summed E-state index contributed by atoms with van der Waals surface area (Å²) in [5.41, 5.74) is 0. The molecule has 0 aromatic rings. The van der Waals surface area contributed by atoms with E-state index < -0.39 is 11.9 Å². The first-order valence-corrected chi connectivity index (χ1v) is 5.39. The summed E-state index contributed by atoms with van der Waals surface area (Å²) in [6.07, 6.45) is -0.763. The van der Waals surface area contributed by atoms with Gasteiger partial charge < -0.3 is 14.6 Å². The number of likely N-dealkylation sites (N-methyl/N-ethyl adjacent to an activating group) is 1. The lowest BCUT2D eigenvalue weighted by atomic mass is 10.0. The molecule has 0 aromatic carbocycles. The van der Waals surface area contributed by atoms with Crippen molar-refractivity contribution in [1.82, 2.24) is 5.06 Å². The third-order valence-corrected chi connectivity index (χ3v) is 3.60. The van der Waals surface area contributed by atoms with Crippen LogP contribution in [0.1, 0.15) is 13.8 Å². The molecule has 1 saturated carbocycles. The van der Waals surface area contributed by atoms with E-state index in [9.17, 15) is 5.11 Å². The van der Waals surface area contributed by atoms with Crippen LogP contribution in [0, 0.1) is 5.92 Å². The van der Waals surface area contributed by atoms with Crippen molar-refractivity contribution in [2.75, 3.05) is 13.7 Å². The summed E-state index contributed by atoms with van der Waals surface area (Å²) < 4.78 is 11.5. The lowest BCUT2D eigenvalue weighted by molar-refractivity contribution is -0.177. The first kappa shape index (κ1) is 9.99. The molecule has 0 spiro atoms. The molecule has 5 nitrogen and oxygen atoms in total. The van der Waals surface area contributed by atoms with E-state index in [0.717, 1.165) is 0 Å². The second kappa shape index (κ2) is 2.93. The van der Waals surface area contributed by atoms with Gasteiger partial charge in [-0.1, -0.05) is 0 Å². The molecule has 1 N–H and O–H groups in total. The Balaban J connectivity index is 1.89. The Hall–Kier alpha value is -0.200. The number of nitrogens with zero attached hydrogens (tertiary/aromatic N) is 1. The maximum Gasteiger partial charge on any atom is 0.163 e. The van der Waals surface area contributed by atoms with Gasteiger partial charge in [0.1, 0.15) is 12.2 Å². The second-order valence-corrected chi connectivity index (χ2v) is 5.05. The van der Waals surface area contributed by atoms with E-state index in [1.807, 2.05) is 20.9 Å². The largest absolute Gasteiger partial charge is 0.390 e. The summed E-state index contributed by atoms with van der Waals surface area (Å²) in [7, 11) is 1.88. The molecule has 0 amide bonds. The number of fused-ring (bicyclic) bond motifs is 3. The summed E-state index contributed by atoms with van der Waals surface area (Å²) in [6, 6.07) is 0.117. The van der Waals surface area contributed by atoms with Gasteiger partial charge in [0.05, 0.1) is 18.8 Å². The van der Waals surface area contributed by atoms with Gasteiger partial charge in [-0.2, -0.15) is 5.06 Å². The van der Waals surface area contributed by atoms with Gasteiger partial charge >= 0.3 is 0 Å². The van der Waals surface area contributed by atoms with Crippen molar-refractivity contribution in [3.05, 3.63) is 0 Å². The predicted molar refractivity (Wildman–Crippen MR) is 50.8 cm³/mol. The van der Waals surface area contributed by atoms with E-state index in [-0.39, 0.29) is 24.2 Å². The zero-order valence-corrected chi connectivity index (χ0v) is 9.21. The monoisotopic (exact) mass is 215 g/mol. The number of ether oxygens (including phenoxy) is 2. The molecule has 5 heteroatoms. The van der Waals surface area contributed by atoms with Crippen LogP contribution in [0.15, 0.2) is 0 Å². The van der Waals surface area contributed by atoms with Crippen molar-refractivity contribution in [2.45, 2.75) is 44.0 Å². The highest BCUT2D eigenvalue weighted by Crippen LogP contribution is 2.45. The normalized spacial score (nSPS) is 53.2. The fraction of sp³-hybridized carbons (Fsp3) is 1.00. The number of hydrogen-bond acceptors (Lipinski definition) is 5. The van der Waals surface area contributed by atoms with Crippen molar-refractivity contribution in [2.24, 2.45) is 5.92 Å². The minimum Gasteiger partial charge on any atom is -0.390 e. The Bertz CT molecular complexity index is 283. The van der Waals surface area contributed by atoms with Crippen molar-refractivity contribution in [1.29, 1.82) is 0 Å². The minimum absolute atomic E-state index is 0.0764. The molecule has 0 aromatic heterocycles. The Morgan fingerprint density at radius 1 is 1.27 bits per heavy atom. The number of aliphatic hydroxyl groups excluding tert-OH is 1. The molecule has 3 rings (SSSR count). The van der Waals surface area contributed by atoms with E-state index >= 15 is 0 Å². The van der Waals surface area contributed by atoms with E-state index in [1.54, 1.807) is 5.06 Å². The summed E-state index contributed by atoms with van der Waals surface area (Å²) in [5, 5.41) is 11.9. The maximum atomic E-state index is 10.1. The summed E-state index contributed by atoms with van der Waals surface area (Å²) >= 11 is 0. The van der Waals surface area contributed by atoms with Crippen molar-refractivity contribution >= 4 is 0 Å². The SMILES string of the molecule is CN1OCC2C(O)C3OC(C)(C)OC3C21. The van der Waals surface area contributed by atoms with Crippen LogP contribution in [-0.2, 0) is 14.3 Å². The van der Waals surface area contributed by atoms with Gasteiger partial charge in [0.15, 0.2) is 5.79 Å². The maximum absolute atomic E-state index is 10.1. The van der Waals surface area contributed by atoms with Gasteiger partial charge in [-0.15, -0.1) is 0 Å². The zero-order valence-electron chi connectivity index (χ0n) is 9.21. The minimum atomic E-state index is -0.593. The molecule has 3 fully saturated rings. The molecule has 5 atom stereocenters. The van der Waals surface area contributed by atoms with Crippen LogP contribution in [0.3, 0.4) is 0 Å². The number of hydrogen-bond donors (Lipinski definition) is 1. The summed E-state index contributed by atoms with van der Waals surface area (Å²) in [4.78, 5) is 5.40. The predicted octanol–water partition coefficient (Wildman–Crippen LogP) is -0.257. The molecule has 2 aliphatic heterocycles. The highest BCUT2D eigenvalue weighted by Gasteiger charge is 2.62. The highest BCUT2D eigenvalue weighted by atomic mass is 16.8. The smallest absolute Gasteiger partial charge is 0.163 e. The molecule has 5 unspecified atom stereocenters. The van der Waals surface area contributed by atoms with Crippen LogP contribution in [0.25, 0.3) is 0 Å². The molecular formula is C10H17NO4. The van der Waals surface area contributed by atoms with Crippen LogP contribution in [-0.4, -0.2) is 54.0 Å². The van der Waals surface area contributed by atoms with Gasteiger partial charge in [0.2, 0.25) is 0 Å². The lowest BCUT2D eigenvalue weighted by Gasteiger charge is -2.24. The quantitative estimate of drug-likeness (QED) is 0.603. The molecule has 0 bridgehead atoms. The average Bonchev–Trinajstić information content (AvgIpc) is 2.70. The van der Waals surface area contributed by atoms with Crippen LogP contribution in [0.5, 0.6) is 0 Å². The second-order valence-electron chi connectivity index (χ2n) is 5.05. The van der Waals surface area contributed by atoms with Crippen LogP contribution in [0.2, 0.25) is 0 Å². The van der Waals surface area contributed by atoms with Crippen LogP contribution >= 0.6 is 0 Å². The van der Waals surface area contributed by atoms with E-state index in [1.165, 1.54) is 0 Å². The zero-order chi connectivity index (χ0) is 10.8. The third kappa shape index (κ3) is 1.28. The Morgan fingerprint density at radius 2 is 1.93 bits per heavy atom. The fourth-order valence-electron chi connectivity index (χ4n) is 3.00. The van der Waals surface area contributed by atoms with Crippen LogP contribution in [0.4, 0.5) is 0 Å². The number of aliphatic hydroxyl groups is 1. The number of hydroxylamine groups is 2. The van der Waals surface area contributed by atoms with Crippen LogP contribution < -0.4 is 0 Å². The molecule has 86 valence electrons. The topological polar surface area (TPSA) is 51.2 Å². The molecule has 3 aliphatic rings. The molecule has 2 saturated heterocycles. The first-order valence-electron chi connectivity index (χ1n) is 5.39. The van der Waals surface area contributed by atoms with Crippen molar-refractivity contribution < 1.29 is 19.4 Å². The van der Waals surface area contributed by atoms with Gasteiger partial charge in [0, 0.05) is 13.0 Å². The van der Waals surface area contributed by atoms with Gasteiger partial charge in [0.25, 0.3) is 0 Å². The third-order valence-electron chi connectivity index (χ3n) is 3.60. The van der Waals surface area contributed by atoms with E-state index in [2.05, 4.69) is 0 Å². The molecule has 15 heavy (non-hydrogen) atoms. The molecule has 0 radical (unpaired) electrons. The standard InChI is InChI=1S/C10H17NO4/c1-10(2)14-8-6-5(4-13-11(6)3)7(12)9(8)15-10/h5-9,12H,4H2,1-3H3. The summed E-state index contributed by atoms with van der Waals surface area (Å²) in [5.74, 6) is -0.480. The van der Waals surface area contributed by atoms with Crippen molar-refractivity contribution in [3.63, 3.8) is 0 Å². The summed E-state index contributed by atoms with van der Waals surface area (Å²) in [6.45, 7) is 4.31. The molecule has 1 aliphatic carbocycles. The van der Waals surface area contributed by atoms with Crippen molar-refractivity contribution in [3.8, 4) is 0 Å². The van der Waals surface area contributed by atoms with E-state index in [4.69, 9.17) is 14.3 Å². The number of rotatable bonds is 0. The lowest BCUT2D eigenvalue weighted by Crippen LogP contribution is -2.39. The molecular weight excluding hydrogens is 198 g/mol. The van der Waals surface area contributed by atoms with Gasteiger partial charge in [-0.3, -0.25) is 4.84 Å². The Kier molecular flexibility index (Phi) is 1.95. The molecule has 2 heterocycles. The first-order chi connectivity index (χ1) is 6.99. The Labute approximate surface area is 88.9 Å².